The second-order valence-corrected chi connectivity index (χ2v) is 12.9. The molecule has 170 valence electrons. The lowest BCUT2D eigenvalue weighted by molar-refractivity contribution is -0.177. The van der Waals surface area contributed by atoms with E-state index in [9.17, 15) is 5.11 Å². The molecule has 0 fully saturated rings. The van der Waals surface area contributed by atoms with Crippen LogP contribution in [0.15, 0.2) is 72.8 Å². The lowest BCUT2D eigenvalue weighted by Crippen LogP contribution is -2.67. The van der Waals surface area contributed by atoms with Crippen LogP contribution < -0.4 is 10.4 Å². The minimum absolute atomic E-state index is 0.102. The highest BCUT2D eigenvalue weighted by Crippen LogP contribution is 2.37. The van der Waals surface area contributed by atoms with Gasteiger partial charge in [-0.1, -0.05) is 93.6 Å². The molecule has 0 heterocycles. The standard InChI is InChI=1S/C26H38O4Si/c1-7-28-25(29-8-2)24(27)20-19-21(3)30-31(26(4,5)6,22-15-11-9-12-16-22)23-17-13-10-14-18-23/h9-21,24-25,27H,7-8H2,1-6H3/b20-19+/t21-,24-/m0/s1. The van der Waals surface area contributed by atoms with E-state index < -0.39 is 20.7 Å². The highest BCUT2D eigenvalue weighted by atomic mass is 28.4. The minimum atomic E-state index is -2.64. The molecular weight excluding hydrogens is 404 g/mol. The highest BCUT2D eigenvalue weighted by molar-refractivity contribution is 6.99. The summed E-state index contributed by atoms with van der Waals surface area (Å²) in [4.78, 5) is 0. The fourth-order valence-corrected chi connectivity index (χ4v) is 8.60. The summed E-state index contributed by atoms with van der Waals surface area (Å²) < 4.78 is 18.0. The predicted octanol–water partition coefficient (Wildman–Crippen LogP) is 4.27. The summed E-state index contributed by atoms with van der Waals surface area (Å²) in [6, 6.07) is 21.1. The van der Waals surface area contributed by atoms with Gasteiger partial charge in [0.25, 0.3) is 8.32 Å². The summed E-state index contributed by atoms with van der Waals surface area (Å²) in [5.41, 5.74) is 0. The van der Waals surface area contributed by atoms with E-state index in [1.165, 1.54) is 10.4 Å². The van der Waals surface area contributed by atoms with Crippen molar-refractivity contribution in [2.45, 2.75) is 65.1 Å². The fourth-order valence-electron chi connectivity index (χ4n) is 3.94. The minimum Gasteiger partial charge on any atom is -0.401 e. The molecule has 0 aliphatic rings. The van der Waals surface area contributed by atoms with Gasteiger partial charge >= 0.3 is 0 Å². The maximum atomic E-state index is 10.5. The quantitative estimate of drug-likeness (QED) is 0.321. The Balaban J connectivity index is 2.40. The third kappa shape index (κ3) is 6.37. The van der Waals surface area contributed by atoms with E-state index in [1.54, 1.807) is 6.08 Å². The maximum absolute atomic E-state index is 10.5. The van der Waals surface area contributed by atoms with Gasteiger partial charge in [-0.3, -0.25) is 0 Å². The van der Waals surface area contributed by atoms with E-state index in [4.69, 9.17) is 13.9 Å². The fraction of sp³-hybridized carbons (Fsp3) is 0.462. The van der Waals surface area contributed by atoms with E-state index in [1.807, 2.05) is 39.0 Å². The second kappa shape index (κ2) is 11.7. The van der Waals surface area contributed by atoms with Crippen LogP contribution in [0.5, 0.6) is 0 Å². The lowest BCUT2D eigenvalue weighted by Gasteiger charge is -2.44. The Morgan fingerprint density at radius 3 is 1.68 bits per heavy atom. The van der Waals surface area contributed by atoms with Gasteiger partial charge in [-0.15, -0.1) is 0 Å². The van der Waals surface area contributed by atoms with E-state index in [0.29, 0.717) is 13.2 Å². The molecule has 2 rings (SSSR count). The molecule has 2 aromatic carbocycles. The van der Waals surface area contributed by atoms with Crippen molar-refractivity contribution in [3.8, 4) is 0 Å². The molecule has 2 atom stereocenters. The summed E-state index contributed by atoms with van der Waals surface area (Å²) in [7, 11) is -2.64. The zero-order valence-electron chi connectivity index (χ0n) is 19.7. The van der Waals surface area contributed by atoms with Crippen LogP contribution in [-0.2, 0) is 13.9 Å². The molecule has 0 aliphatic heterocycles. The van der Waals surface area contributed by atoms with E-state index in [2.05, 4.69) is 69.3 Å². The average Bonchev–Trinajstić information content (AvgIpc) is 2.76. The molecule has 2 aromatic rings. The van der Waals surface area contributed by atoms with Gasteiger partial charge in [-0.25, -0.2) is 0 Å². The van der Waals surface area contributed by atoms with Gasteiger partial charge in [0.2, 0.25) is 0 Å². The first kappa shape index (κ1) is 25.5. The van der Waals surface area contributed by atoms with Gasteiger partial charge in [0.15, 0.2) is 6.29 Å². The SMILES string of the molecule is CCOC(OCC)[C@@H](O)/C=C/[C@H](C)O[Si](c1ccccc1)(c1ccccc1)C(C)(C)C. The second-order valence-electron chi connectivity index (χ2n) is 8.64. The van der Waals surface area contributed by atoms with Gasteiger partial charge in [-0.2, -0.15) is 0 Å². The van der Waals surface area contributed by atoms with Crippen LogP contribution in [0.25, 0.3) is 0 Å². The molecule has 0 aliphatic carbocycles. The normalized spacial score (nSPS) is 14.8. The number of hydrogen-bond acceptors (Lipinski definition) is 4. The summed E-state index contributed by atoms with van der Waals surface area (Å²) >= 11 is 0. The Morgan fingerprint density at radius 1 is 0.839 bits per heavy atom. The first-order valence-corrected chi connectivity index (χ1v) is 13.1. The van der Waals surface area contributed by atoms with Crippen LogP contribution in [0.2, 0.25) is 5.04 Å². The summed E-state index contributed by atoms with van der Waals surface area (Å²) in [5, 5.41) is 12.9. The largest absolute Gasteiger partial charge is 0.401 e. The molecule has 0 bridgehead atoms. The number of aliphatic hydroxyl groups excluding tert-OH is 1. The number of aliphatic hydroxyl groups is 1. The molecule has 0 radical (unpaired) electrons. The molecule has 31 heavy (non-hydrogen) atoms. The third-order valence-electron chi connectivity index (χ3n) is 5.30. The average molecular weight is 443 g/mol. The van der Waals surface area contributed by atoms with Crippen molar-refractivity contribution in [3.63, 3.8) is 0 Å². The highest BCUT2D eigenvalue weighted by Gasteiger charge is 2.50. The Labute approximate surface area is 189 Å². The molecule has 0 unspecified atom stereocenters. The van der Waals surface area contributed by atoms with Crippen LogP contribution in [0.4, 0.5) is 0 Å². The van der Waals surface area contributed by atoms with Gasteiger partial charge in [0, 0.05) is 13.2 Å². The molecule has 5 heteroatoms. The number of hydrogen-bond donors (Lipinski definition) is 1. The van der Waals surface area contributed by atoms with Crippen LogP contribution in [0.3, 0.4) is 0 Å². The Hall–Kier alpha value is -1.76. The van der Waals surface area contributed by atoms with Crippen molar-refractivity contribution >= 4 is 18.7 Å². The van der Waals surface area contributed by atoms with Gasteiger partial charge in [0.1, 0.15) is 6.10 Å². The van der Waals surface area contributed by atoms with Crippen molar-refractivity contribution in [2.75, 3.05) is 13.2 Å². The zero-order valence-corrected chi connectivity index (χ0v) is 20.7. The smallest absolute Gasteiger partial charge is 0.261 e. The van der Waals surface area contributed by atoms with Gasteiger partial charge in [0.05, 0.1) is 6.10 Å². The maximum Gasteiger partial charge on any atom is 0.261 e. The molecule has 0 saturated heterocycles. The van der Waals surface area contributed by atoms with Crippen LogP contribution >= 0.6 is 0 Å². The van der Waals surface area contributed by atoms with Crippen molar-refractivity contribution < 1.29 is 19.0 Å². The third-order valence-corrected chi connectivity index (χ3v) is 10.4. The van der Waals surface area contributed by atoms with Crippen molar-refractivity contribution in [2.24, 2.45) is 0 Å². The summed E-state index contributed by atoms with van der Waals surface area (Å²) in [6.07, 6.45) is 1.90. The van der Waals surface area contributed by atoms with E-state index >= 15 is 0 Å². The van der Waals surface area contributed by atoms with Gasteiger partial charge < -0.3 is 19.0 Å². The Kier molecular flexibility index (Phi) is 9.66. The molecule has 0 saturated carbocycles. The Bertz CT molecular complexity index is 741. The number of ether oxygens (including phenoxy) is 2. The van der Waals surface area contributed by atoms with E-state index in [-0.39, 0.29) is 11.1 Å². The Morgan fingerprint density at radius 2 is 1.29 bits per heavy atom. The molecule has 1 N–H and O–H groups in total. The first-order valence-electron chi connectivity index (χ1n) is 11.1. The number of rotatable bonds is 11. The molecular formula is C26H38O4Si. The topological polar surface area (TPSA) is 47.9 Å². The zero-order chi connectivity index (χ0) is 22.9. The molecule has 0 spiro atoms. The van der Waals surface area contributed by atoms with Crippen LogP contribution in [-0.4, -0.2) is 45.1 Å². The summed E-state index contributed by atoms with van der Waals surface area (Å²) in [5.74, 6) is 0. The molecule has 0 amide bonds. The monoisotopic (exact) mass is 442 g/mol. The summed E-state index contributed by atoms with van der Waals surface area (Å²) in [6.45, 7) is 13.5. The number of benzene rings is 2. The van der Waals surface area contributed by atoms with Gasteiger partial charge in [-0.05, 0) is 36.2 Å². The van der Waals surface area contributed by atoms with Crippen LogP contribution in [0, 0.1) is 0 Å². The molecule has 4 nitrogen and oxygen atoms in total. The molecule has 0 aromatic heterocycles. The van der Waals surface area contributed by atoms with E-state index in [0.717, 1.165) is 0 Å². The lowest BCUT2D eigenvalue weighted by atomic mass is 10.2. The van der Waals surface area contributed by atoms with Crippen molar-refractivity contribution in [1.29, 1.82) is 0 Å². The predicted molar refractivity (Wildman–Crippen MR) is 130 cm³/mol. The first-order chi connectivity index (χ1) is 14.8. The van der Waals surface area contributed by atoms with Crippen LogP contribution in [0.1, 0.15) is 41.5 Å². The van der Waals surface area contributed by atoms with Crippen molar-refractivity contribution in [3.05, 3.63) is 72.8 Å². The van der Waals surface area contributed by atoms with Crippen molar-refractivity contribution in [1.82, 2.24) is 0 Å².